The van der Waals surface area contributed by atoms with Crippen molar-refractivity contribution in [1.29, 1.82) is 0 Å². The number of rotatable bonds is 16. The van der Waals surface area contributed by atoms with E-state index in [1.165, 1.54) is 102 Å². The van der Waals surface area contributed by atoms with E-state index in [1.54, 1.807) is 12.7 Å². The first-order chi connectivity index (χ1) is 13.0. The Morgan fingerprint density at radius 3 is 1.74 bits per heavy atom. The van der Waals surface area contributed by atoms with Crippen LogP contribution in [0.5, 0.6) is 0 Å². The van der Waals surface area contributed by atoms with Gasteiger partial charge in [0.1, 0.15) is 0 Å². The molecule has 0 saturated heterocycles. The third-order valence-corrected chi connectivity index (χ3v) is 6.70. The lowest BCUT2D eigenvalue weighted by Crippen LogP contribution is -2.33. The Morgan fingerprint density at radius 1 is 0.815 bits per heavy atom. The van der Waals surface area contributed by atoms with Crippen LogP contribution in [0.2, 0.25) is 0 Å². The average Bonchev–Trinajstić information content (AvgIpc) is 2.64. The highest BCUT2D eigenvalue weighted by Gasteiger charge is 2.30. The Labute approximate surface area is 170 Å². The van der Waals surface area contributed by atoms with Crippen molar-refractivity contribution in [2.24, 2.45) is 11.1 Å². The first kappa shape index (κ1) is 24.7. The molecule has 2 nitrogen and oxygen atoms in total. The van der Waals surface area contributed by atoms with E-state index in [9.17, 15) is 0 Å². The predicted octanol–water partition coefficient (Wildman–Crippen LogP) is 7.56. The van der Waals surface area contributed by atoms with Crippen LogP contribution in [0.4, 0.5) is 0 Å². The van der Waals surface area contributed by atoms with Crippen LogP contribution in [0.15, 0.2) is 11.1 Å². The van der Waals surface area contributed by atoms with E-state index >= 15 is 0 Å². The summed E-state index contributed by atoms with van der Waals surface area (Å²) in [7, 11) is 1.80. The summed E-state index contributed by atoms with van der Waals surface area (Å²) in [5.74, 6) is 0. The van der Waals surface area contributed by atoms with Crippen LogP contribution in [0.3, 0.4) is 0 Å². The van der Waals surface area contributed by atoms with Gasteiger partial charge in [-0.25, -0.2) is 0 Å². The fraction of sp³-hybridized carbons (Fsp3) is 0.920. The molecule has 0 amide bonds. The van der Waals surface area contributed by atoms with Crippen molar-refractivity contribution >= 4 is 0 Å². The normalized spacial score (nSPS) is 19.7. The van der Waals surface area contributed by atoms with Crippen LogP contribution >= 0.6 is 0 Å². The van der Waals surface area contributed by atoms with Gasteiger partial charge in [-0.15, -0.1) is 0 Å². The molecule has 0 radical (unpaired) electrons. The maximum absolute atomic E-state index is 6.28. The number of allylic oxidation sites excluding steroid dienone is 1. The lowest BCUT2D eigenvalue weighted by Gasteiger charge is -2.37. The molecule has 0 spiro atoms. The third kappa shape index (κ3) is 10.7. The van der Waals surface area contributed by atoms with E-state index in [1.807, 2.05) is 0 Å². The van der Waals surface area contributed by atoms with Crippen LogP contribution in [-0.4, -0.2) is 19.8 Å². The fourth-order valence-electron chi connectivity index (χ4n) is 4.67. The van der Waals surface area contributed by atoms with Gasteiger partial charge in [0.25, 0.3) is 0 Å². The zero-order chi connectivity index (χ0) is 20.0. The topological polar surface area (TPSA) is 35.2 Å². The Balaban J connectivity index is 1.93. The molecule has 1 aliphatic carbocycles. The minimum Gasteiger partial charge on any atom is -0.385 e. The summed E-state index contributed by atoms with van der Waals surface area (Å²) in [4.78, 5) is 0. The fourth-order valence-corrected chi connectivity index (χ4v) is 4.67. The Bertz CT molecular complexity index is 399. The van der Waals surface area contributed by atoms with E-state index < -0.39 is 0 Å². The summed E-state index contributed by atoms with van der Waals surface area (Å²) < 4.78 is 5.09. The third-order valence-electron chi connectivity index (χ3n) is 6.70. The standard InChI is InChI=1S/C25H49NO/c1-22-23(25(2,3)20-19-24(22)26)18-16-14-12-10-8-6-5-7-9-11-13-15-17-21-27-4/h24H,5-21,26H2,1-4H3. The first-order valence-corrected chi connectivity index (χ1v) is 11.9. The molecule has 1 unspecified atom stereocenters. The van der Waals surface area contributed by atoms with E-state index in [0.29, 0.717) is 11.5 Å². The average molecular weight is 380 g/mol. The van der Waals surface area contributed by atoms with Crippen molar-refractivity contribution in [2.45, 2.75) is 130 Å². The SMILES string of the molecule is COCCCCCCCCCCCCCCCC1=C(C)C(N)CCC1(C)C. The number of unbranched alkanes of at least 4 members (excludes halogenated alkanes) is 12. The van der Waals surface area contributed by atoms with Crippen LogP contribution in [0.1, 0.15) is 124 Å². The van der Waals surface area contributed by atoms with Gasteiger partial charge < -0.3 is 10.5 Å². The minimum absolute atomic E-state index is 0.318. The monoisotopic (exact) mass is 379 g/mol. The van der Waals surface area contributed by atoms with E-state index in [4.69, 9.17) is 10.5 Å². The molecule has 0 aliphatic heterocycles. The molecule has 0 saturated carbocycles. The number of hydrogen-bond donors (Lipinski definition) is 1. The number of nitrogens with two attached hydrogens (primary N) is 1. The quantitative estimate of drug-likeness (QED) is 0.222. The highest BCUT2D eigenvalue weighted by Crippen LogP contribution is 2.42. The molecule has 2 N–H and O–H groups in total. The van der Waals surface area contributed by atoms with Gasteiger partial charge in [0.2, 0.25) is 0 Å². The molecule has 0 heterocycles. The molecule has 0 aromatic rings. The lowest BCUT2D eigenvalue weighted by atomic mass is 9.69. The first-order valence-electron chi connectivity index (χ1n) is 11.9. The molecule has 0 bridgehead atoms. The summed E-state index contributed by atoms with van der Waals surface area (Å²) >= 11 is 0. The molecule has 1 atom stereocenters. The van der Waals surface area contributed by atoms with Crippen molar-refractivity contribution in [1.82, 2.24) is 0 Å². The zero-order valence-electron chi connectivity index (χ0n) is 19.1. The smallest absolute Gasteiger partial charge is 0.0462 e. The van der Waals surface area contributed by atoms with Gasteiger partial charge in [0.05, 0.1) is 0 Å². The summed E-state index contributed by atoms with van der Waals surface area (Å²) in [6.07, 6.45) is 21.8. The molecule has 1 aliphatic rings. The molecule has 1 rings (SSSR count). The summed E-state index contributed by atoms with van der Waals surface area (Å²) in [5, 5.41) is 0. The Hall–Kier alpha value is -0.340. The highest BCUT2D eigenvalue weighted by molar-refractivity contribution is 5.26. The van der Waals surface area contributed by atoms with Crippen LogP contribution in [0, 0.1) is 5.41 Å². The molecule has 0 aromatic carbocycles. The van der Waals surface area contributed by atoms with Crippen molar-refractivity contribution in [3.8, 4) is 0 Å². The van der Waals surface area contributed by atoms with E-state index in [2.05, 4.69) is 20.8 Å². The van der Waals surface area contributed by atoms with Crippen molar-refractivity contribution in [2.75, 3.05) is 13.7 Å². The van der Waals surface area contributed by atoms with E-state index in [-0.39, 0.29) is 0 Å². The summed E-state index contributed by atoms with van der Waals surface area (Å²) in [6, 6.07) is 0.318. The van der Waals surface area contributed by atoms with Crippen LogP contribution in [0.25, 0.3) is 0 Å². The van der Waals surface area contributed by atoms with Crippen molar-refractivity contribution in [3.63, 3.8) is 0 Å². The predicted molar refractivity (Wildman–Crippen MR) is 120 cm³/mol. The Morgan fingerprint density at radius 2 is 1.26 bits per heavy atom. The van der Waals surface area contributed by atoms with Gasteiger partial charge in [-0.3, -0.25) is 0 Å². The van der Waals surface area contributed by atoms with Crippen molar-refractivity contribution in [3.05, 3.63) is 11.1 Å². The molecule has 27 heavy (non-hydrogen) atoms. The number of methoxy groups -OCH3 is 1. The molecule has 2 heteroatoms. The number of hydrogen-bond acceptors (Lipinski definition) is 2. The second-order valence-electron chi connectivity index (χ2n) is 9.53. The van der Waals surface area contributed by atoms with E-state index in [0.717, 1.165) is 13.0 Å². The van der Waals surface area contributed by atoms with Gasteiger partial charge in [-0.05, 0) is 44.4 Å². The van der Waals surface area contributed by atoms with Gasteiger partial charge in [-0.1, -0.05) is 95.6 Å². The van der Waals surface area contributed by atoms with Gasteiger partial charge in [-0.2, -0.15) is 0 Å². The minimum atomic E-state index is 0.318. The van der Waals surface area contributed by atoms with Gasteiger partial charge >= 0.3 is 0 Å². The molecular formula is C25H49NO. The lowest BCUT2D eigenvalue weighted by molar-refractivity contribution is 0.192. The maximum Gasteiger partial charge on any atom is 0.0462 e. The second kappa shape index (κ2) is 14.6. The van der Waals surface area contributed by atoms with Gasteiger partial charge in [0.15, 0.2) is 0 Å². The zero-order valence-corrected chi connectivity index (χ0v) is 19.1. The highest BCUT2D eigenvalue weighted by atomic mass is 16.5. The van der Waals surface area contributed by atoms with Crippen LogP contribution < -0.4 is 5.73 Å². The van der Waals surface area contributed by atoms with Crippen LogP contribution in [-0.2, 0) is 4.74 Å². The number of ether oxygens (including phenoxy) is 1. The molecule has 160 valence electrons. The molecular weight excluding hydrogens is 330 g/mol. The maximum atomic E-state index is 6.28. The van der Waals surface area contributed by atoms with Crippen molar-refractivity contribution < 1.29 is 4.74 Å². The van der Waals surface area contributed by atoms with Gasteiger partial charge in [0, 0.05) is 19.8 Å². The second-order valence-corrected chi connectivity index (χ2v) is 9.53. The molecule has 0 aromatic heterocycles. The largest absolute Gasteiger partial charge is 0.385 e. The molecule has 0 fully saturated rings. The summed E-state index contributed by atoms with van der Waals surface area (Å²) in [6.45, 7) is 8.04. The summed E-state index contributed by atoms with van der Waals surface area (Å²) in [5.41, 5.74) is 9.82. The Kier molecular flexibility index (Phi) is 13.4.